The lowest BCUT2D eigenvalue weighted by molar-refractivity contribution is 0.744. The molecule has 0 spiro atoms. The molecule has 0 radical (unpaired) electrons. The fourth-order valence-electron chi connectivity index (χ4n) is 1.40. The van der Waals surface area contributed by atoms with E-state index in [0.29, 0.717) is 0 Å². The third kappa shape index (κ3) is 4.43. The van der Waals surface area contributed by atoms with Crippen LogP contribution >= 0.6 is 39.0 Å². The lowest BCUT2D eigenvalue weighted by Crippen LogP contribution is -2.25. The summed E-state index contributed by atoms with van der Waals surface area (Å²) < 4.78 is 1.11. The molecule has 0 bridgehead atoms. The first kappa shape index (κ1) is 13.1. The molecule has 17 heavy (non-hydrogen) atoms. The monoisotopic (exact) mass is 328 g/mol. The molecule has 1 aromatic carbocycles. The number of nitrogens with zero attached hydrogens (tertiary/aromatic N) is 1. The van der Waals surface area contributed by atoms with Crippen LogP contribution in [-0.2, 0) is 6.42 Å². The van der Waals surface area contributed by atoms with E-state index in [1.807, 2.05) is 23.7 Å². The first-order chi connectivity index (χ1) is 8.24. The van der Waals surface area contributed by atoms with E-state index < -0.39 is 0 Å². The maximum absolute atomic E-state index is 6.08. The van der Waals surface area contributed by atoms with E-state index in [4.69, 9.17) is 5.73 Å². The van der Waals surface area contributed by atoms with E-state index in [1.54, 1.807) is 23.1 Å². The van der Waals surface area contributed by atoms with Crippen LogP contribution in [0.4, 0.5) is 0 Å². The minimum atomic E-state index is 0.158. The van der Waals surface area contributed by atoms with E-state index in [9.17, 15) is 0 Å². The van der Waals surface area contributed by atoms with Crippen LogP contribution in [0, 0.1) is 0 Å². The summed E-state index contributed by atoms with van der Waals surface area (Å²) in [6.45, 7) is 0. The fourth-order valence-corrected chi connectivity index (χ4v) is 3.57. The summed E-state index contributed by atoms with van der Waals surface area (Å²) in [6, 6.07) is 8.44. The molecule has 1 atom stereocenters. The molecular weight excluding hydrogens is 316 g/mol. The normalized spacial score (nSPS) is 12.6. The van der Waals surface area contributed by atoms with Gasteiger partial charge in [-0.25, -0.2) is 4.98 Å². The summed E-state index contributed by atoms with van der Waals surface area (Å²) in [4.78, 5) is 5.49. The summed E-state index contributed by atoms with van der Waals surface area (Å²) in [5.74, 6) is 0.913. The Labute approximate surface area is 118 Å². The van der Waals surface area contributed by atoms with Gasteiger partial charge in [-0.05, 0) is 18.2 Å². The van der Waals surface area contributed by atoms with E-state index in [-0.39, 0.29) is 6.04 Å². The molecule has 0 amide bonds. The Kier molecular flexibility index (Phi) is 5.03. The van der Waals surface area contributed by atoms with Crippen molar-refractivity contribution in [2.45, 2.75) is 17.4 Å². The van der Waals surface area contributed by atoms with Crippen molar-refractivity contribution in [3.8, 4) is 0 Å². The lowest BCUT2D eigenvalue weighted by atomic mass is 10.3. The number of hydrogen-bond acceptors (Lipinski definition) is 4. The van der Waals surface area contributed by atoms with Crippen LogP contribution in [0.3, 0.4) is 0 Å². The van der Waals surface area contributed by atoms with Gasteiger partial charge in [-0.2, -0.15) is 0 Å². The number of benzene rings is 1. The molecule has 1 unspecified atom stereocenters. The van der Waals surface area contributed by atoms with Crippen molar-refractivity contribution in [1.29, 1.82) is 0 Å². The average molecular weight is 329 g/mol. The highest BCUT2D eigenvalue weighted by molar-refractivity contribution is 9.10. The fraction of sp³-hybridized carbons (Fsp3) is 0.250. The Morgan fingerprint density at radius 1 is 1.47 bits per heavy atom. The van der Waals surface area contributed by atoms with E-state index in [0.717, 1.165) is 21.7 Å². The van der Waals surface area contributed by atoms with Gasteiger partial charge in [-0.15, -0.1) is 23.1 Å². The summed E-state index contributed by atoms with van der Waals surface area (Å²) in [7, 11) is 0. The van der Waals surface area contributed by atoms with Gasteiger partial charge in [0.05, 0.1) is 5.01 Å². The van der Waals surface area contributed by atoms with Crippen molar-refractivity contribution < 1.29 is 0 Å². The molecule has 1 heterocycles. The Balaban J connectivity index is 1.82. The van der Waals surface area contributed by atoms with Gasteiger partial charge in [0.15, 0.2) is 0 Å². The van der Waals surface area contributed by atoms with Crippen molar-refractivity contribution in [3.63, 3.8) is 0 Å². The van der Waals surface area contributed by atoms with Gasteiger partial charge in [0.2, 0.25) is 0 Å². The van der Waals surface area contributed by atoms with Crippen LogP contribution in [-0.4, -0.2) is 16.8 Å². The van der Waals surface area contributed by atoms with Gasteiger partial charge >= 0.3 is 0 Å². The molecular formula is C12H13BrN2S2. The number of halogens is 1. The van der Waals surface area contributed by atoms with Gasteiger partial charge in [0.25, 0.3) is 0 Å². The summed E-state index contributed by atoms with van der Waals surface area (Å²) in [5.41, 5.74) is 6.08. The molecule has 5 heteroatoms. The van der Waals surface area contributed by atoms with Gasteiger partial charge in [-0.1, -0.05) is 22.0 Å². The van der Waals surface area contributed by atoms with Crippen LogP contribution in [0.2, 0.25) is 0 Å². The standard InChI is InChI=1S/C12H13BrN2S2/c13-9-2-1-3-11(6-9)17-8-10(14)7-12-15-4-5-16-12/h1-6,10H,7-8,14H2. The van der Waals surface area contributed by atoms with Crippen molar-refractivity contribution in [3.05, 3.63) is 45.3 Å². The quantitative estimate of drug-likeness (QED) is 0.853. The van der Waals surface area contributed by atoms with Crippen molar-refractivity contribution in [2.24, 2.45) is 5.73 Å². The van der Waals surface area contributed by atoms with Crippen molar-refractivity contribution in [1.82, 2.24) is 4.98 Å². The Bertz CT molecular complexity index is 459. The van der Waals surface area contributed by atoms with Crippen molar-refractivity contribution >= 4 is 39.0 Å². The molecule has 0 fully saturated rings. The summed E-state index contributed by atoms with van der Waals surface area (Å²) >= 11 is 6.92. The Hall–Kier alpha value is -0.360. The highest BCUT2D eigenvalue weighted by Gasteiger charge is 2.07. The Morgan fingerprint density at radius 3 is 3.06 bits per heavy atom. The average Bonchev–Trinajstić information content (AvgIpc) is 2.79. The molecule has 0 saturated heterocycles. The second kappa shape index (κ2) is 6.54. The zero-order chi connectivity index (χ0) is 12.1. The molecule has 90 valence electrons. The second-order valence-electron chi connectivity index (χ2n) is 3.66. The van der Waals surface area contributed by atoms with E-state index >= 15 is 0 Å². The molecule has 2 nitrogen and oxygen atoms in total. The molecule has 2 rings (SSSR count). The smallest absolute Gasteiger partial charge is 0.0940 e. The molecule has 0 saturated carbocycles. The predicted octanol–water partition coefficient (Wildman–Crippen LogP) is 3.57. The number of nitrogens with two attached hydrogens (primary N) is 1. The van der Waals surface area contributed by atoms with Crippen LogP contribution in [0.25, 0.3) is 0 Å². The number of thiazole rings is 1. The van der Waals surface area contributed by atoms with Crippen LogP contribution in [0.1, 0.15) is 5.01 Å². The number of aromatic nitrogens is 1. The SMILES string of the molecule is NC(CSc1cccc(Br)c1)Cc1nccs1. The highest BCUT2D eigenvalue weighted by atomic mass is 79.9. The van der Waals surface area contributed by atoms with Crippen molar-refractivity contribution in [2.75, 3.05) is 5.75 Å². The molecule has 2 N–H and O–H groups in total. The second-order valence-corrected chi connectivity index (χ2v) is 6.65. The summed E-state index contributed by atoms with van der Waals surface area (Å²) in [6.07, 6.45) is 2.69. The third-order valence-electron chi connectivity index (χ3n) is 2.18. The molecule has 0 aliphatic carbocycles. The third-order valence-corrected chi connectivity index (χ3v) is 4.66. The van der Waals surface area contributed by atoms with Crippen LogP contribution < -0.4 is 5.73 Å². The van der Waals surface area contributed by atoms with Gasteiger partial charge in [0.1, 0.15) is 0 Å². The molecule has 1 aromatic heterocycles. The first-order valence-corrected chi connectivity index (χ1v) is 7.92. The van der Waals surface area contributed by atoms with Crippen LogP contribution in [0.15, 0.2) is 45.2 Å². The van der Waals surface area contributed by atoms with Gasteiger partial charge in [-0.3, -0.25) is 0 Å². The van der Waals surface area contributed by atoms with E-state index in [2.05, 4.69) is 33.0 Å². The highest BCUT2D eigenvalue weighted by Crippen LogP contribution is 2.22. The molecule has 0 aliphatic rings. The van der Waals surface area contributed by atoms with E-state index in [1.165, 1.54) is 4.90 Å². The number of thioether (sulfide) groups is 1. The minimum absolute atomic E-state index is 0.158. The maximum Gasteiger partial charge on any atom is 0.0940 e. The molecule has 0 aliphatic heterocycles. The molecule has 2 aromatic rings. The topological polar surface area (TPSA) is 38.9 Å². The predicted molar refractivity (Wildman–Crippen MR) is 78.7 cm³/mol. The number of hydrogen-bond donors (Lipinski definition) is 1. The first-order valence-electron chi connectivity index (χ1n) is 5.26. The van der Waals surface area contributed by atoms with Crippen LogP contribution in [0.5, 0.6) is 0 Å². The largest absolute Gasteiger partial charge is 0.327 e. The number of rotatable bonds is 5. The minimum Gasteiger partial charge on any atom is -0.327 e. The summed E-state index contributed by atoms with van der Waals surface area (Å²) in [5, 5.41) is 3.11. The van der Waals surface area contributed by atoms with Gasteiger partial charge in [0, 0.05) is 39.2 Å². The van der Waals surface area contributed by atoms with Gasteiger partial charge < -0.3 is 5.73 Å². The zero-order valence-electron chi connectivity index (χ0n) is 9.17. The zero-order valence-corrected chi connectivity index (χ0v) is 12.4. The maximum atomic E-state index is 6.08. The Morgan fingerprint density at radius 2 is 2.35 bits per heavy atom. The lowest BCUT2D eigenvalue weighted by Gasteiger charge is -2.09.